The summed E-state index contributed by atoms with van der Waals surface area (Å²) in [7, 11) is -3.35. The highest BCUT2D eigenvalue weighted by atomic mass is 32.2. The molecule has 0 amide bonds. The molecule has 1 aromatic heterocycles. The SMILES string of the molecule is CCNCc1sc(S(=O)(=O)NCC2(CC)CC2)cc1C. The smallest absolute Gasteiger partial charge is 0.250 e. The number of hydrogen-bond acceptors (Lipinski definition) is 4. The number of rotatable bonds is 8. The fourth-order valence-electron chi connectivity index (χ4n) is 2.19. The minimum atomic E-state index is -3.35. The molecule has 0 saturated heterocycles. The van der Waals surface area contributed by atoms with E-state index < -0.39 is 10.0 Å². The largest absolute Gasteiger partial charge is 0.312 e. The van der Waals surface area contributed by atoms with E-state index in [-0.39, 0.29) is 5.41 Å². The van der Waals surface area contributed by atoms with Gasteiger partial charge in [-0.15, -0.1) is 11.3 Å². The van der Waals surface area contributed by atoms with Crippen molar-refractivity contribution in [1.82, 2.24) is 10.0 Å². The Morgan fingerprint density at radius 2 is 2.05 bits per heavy atom. The van der Waals surface area contributed by atoms with Gasteiger partial charge in [-0.1, -0.05) is 13.8 Å². The fourth-order valence-corrected chi connectivity index (χ4v) is 4.95. The summed E-state index contributed by atoms with van der Waals surface area (Å²) >= 11 is 1.37. The lowest BCUT2D eigenvalue weighted by atomic mass is 10.1. The van der Waals surface area contributed by atoms with E-state index in [2.05, 4.69) is 17.0 Å². The van der Waals surface area contributed by atoms with Crippen LogP contribution in [0.2, 0.25) is 0 Å². The van der Waals surface area contributed by atoms with E-state index in [0.29, 0.717) is 10.8 Å². The van der Waals surface area contributed by atoms with Gasteiger partial charge in [-0.05, 0) is 49.8 Å². The summed E-state index contributed by atoms with van der Waals surface area (Å²) in [5.74, 6) is 0. The Kier molecular flexibility index (Phi) is 4.89. The molecule has 1 saturated carbocycles. The molecule has 1 aliphatic carbocycles. The quantitative estimate of drug-likeness (QED) is 0.775. The van der Waals surface area contributed by atoms with Crippen molar-refractivity contribution in [3.8, 4) is 0 Å². The first-order chi connectivity index (χ1) is 9.42. The second-order valence-corrected chi connectivity index (χ2v) is 8.76. The number of thiophene rings is 1. The second-order valence-electron chi connectivity index (χ2n) is 5.63. The minimum Gasteiger partial charge on any atom is -0.312 e. The Morgan fingerprint density at radius 1 is 1.35 bits per heavy atom. The first kappa shape index (κ1) is 15.9. The van der Waals surface area contributed by atoms with Crippen molar-refractivity contribution >= 4 is 21.4 Å². The lowest BCUT2D eigenvalue weighted by molar-refractivity contribution is 0.476. The normalized spacial score (nSPS) is 17.4. The number of aryl methyl sites for hydroxylation is 1. The van der Waals surface area contributed by atoms with E-state index in [1.807, 2.05) is 13.8 Å². The van der Waals surface area contributed by atoms with Crippen molar-refractivity contribution in [2.45, 2.75) is 50.8 Å². The molecule has 0 radical (unpaired) electrons. The van der Waals surface area contributed by atoms with E-state index in [0.717, 1.165) is 42.8 Å². The third kappa shape index (κ3) is 3.61. The Bertz CT molecular complexity index is 560. The lowest BCUT2D eigenvalue weighted by Gasteiger charge is -2.12. The van der Waals surface area contributed by atoms with E-state index >= 15 is 0 Å². The molecule has 114 valence electrons. The molecular formula is C14H24N2O2S2. The molecule has 6 heteroatoms. The van der Waals surface area contributed by atoms with Gasteiger partial charge in [0, 0.05) is 18.0 Å². The van der Waals surface area contributed by atoms with Gasteiger partial charge in [-0.2, -0.15) is 0 Å². The maximum absolute atomic E-state index is 12.3. The van der Waals surface area contributed by atoms with Gasteiger partial charge in [0.2, 0.25) is 10.0 Å². The van der Waals surface area contributed by atoms with Gasteiger partial charge in [-0.25, -0.2) is 13.1 Å². The van der Waals surface area contributed by atoms with Crippen LogP contribution in [0.5, 0.6) is 0 Å². The van der Waals surface area contributed by atoms with Crippen molar-refractivity contribution in [3.63, 3.8) is 0 Å². The Morgan fingerprint density at radius 3 is 2.60 bits per heavy atom. The average Bonchev–Trinajstić information content (AvgIpc) is 3.11. The zero-order chi connectivity index (χ0) is 14.8. The van der Waals surface area contributed by atoms with Gasteiger partial charge < -0.3 is 5.32 Å². The van der Waals surface area contributed by atoms with Gasteiger partial charge in [-0.3, -0.25) is 0 Å². The molecule has 4 nitrogen and oxygen atoms in total. The van der Waals surface area contributed by atoms with Crippen molar-refractivity contribution in [2.75, 3.05) is 13.1 Å². The molecule has 1 fully saturated rings. The Balaban J connectivity index is 2.05. The molecule has 0 bridgehead atoms. The van der Waals surface area contributed by atoms with E-state index in [1.54, 1.807) is 6.07 Å². The van der Waals surface area contributed by atoms with Crippen molar-refractivity contribution in [2.24, 2.45) is 5.41 Å². The summed E-state index contributed by atoms with van der Waals surface area (Å²) in [6.45, 7) is 8.34. The minimum absolute atomic E-state index is 0.228. The molecule has 0 unspecified atom stereocenters. The molecule has 0 spiro atoms. The van der Waals surface area contributed by atoms with Gasteiger partial charge in [0.1, 0.15) is 4.21 Å². The highest BCUT2D eigenvalue weighted by Crippen LogP contribution is 2.48. The summed E-state index contributed by atoms with van der Waals surface area (Å²) in [4.78, 5) is 1.10. The molecule has 0 atom stereocenters. The number of nitrogens with one attached hydrogen (secondary N) is 2. The molecule has 0 aromatic carbocycles. The van der Waals surface area contributed by atoms with Gasteiger partial charge in [0.05, 0.1) is 0 Å². The lowest BCUT2D eigenvalue weighted by Crippen LogP contribution is -2.29. The van der Waals surface area contributed by atoms with E-state index in [9.17, 15) is 8.42 Å². The van der Waals surface area contributed by atoms with Crippen LogP contribution in [-0.2, 0) is 16.6 Å². The van der Waals surface area contributed by atoms with Crippen LogP contribution < -0.4 is 10.0 Å². The van der Waals surface area contributed by atoms with Crippen molar-refractivity contribution in [3.05, 3.63) is 16.5 Å². The van der Waals surface area contributed by atoms with Crippen molar-refractivity contribution in [1.29, 1.82) is 0 Å². The van der Waals surface area contributed by atoms with E-state index in [1.165, 1.54) is 11.3 Å². The highest BCUT2D eigenvalue weighted by Gasteiger charge is 2.41. The molecule has 0 aliphatic heterocycles. The summed E-state index contributed by atoms with van der Waals surface area (Å²) in [6, 6.07) is 1.78. The van der Waals surface area contributed by atoms with Crippen LogP contribution in [0.3, 0.4) is 0 Å². The molecule has 1 aliphatic rings. The summed E-state index contributed by atoms with van der Waals surface area (Å²) in [5, 5.41) is 3.24. The molecule has 2 N–H and O–H groups in total. The summed E-state index contributed by atoms with van der Waals surface area (Å²) in [6.07, 6.45) is 3.33. The third-order valence-corrected chi connectivity index (χ3v) is 7.25. The summed E-state index contributed by atoms with van der Waals surface area (Å²) < 4.78 is 27.9. The predicted octanol–water partition coefficient (Wildman–Crippen LogP) is 2.63. The maximum Gasteiger partial charge on any atom is 0.250 e. The third-order valence-electron chi connectivity index (χ3n) is 4.14. The monoisotopic (exact) mass is 316 g/mol. The van der Waals surface area contributed by atoms with Crippen LogP contribution >= 0.6 is 11.3 Å². The molecule has 1 heterocycles. The Labute approximate surface area is 126 Å². The number of hydrogen-bond donors (Lipinski definition) is 2. The zero-order valence-corrected chi connectivity index (χ0v) is 14.1. The van der Waals surface area contributed by atoms with E-state index in [4.69, 9.17) is 0 Å². The topological polar surface area (TPSA) is 58.2 Å². The zero-order valence-electron chi connectivity index (χ0n) is 12.5. The average molecular weight is 316 g/mol. The molecule has 1 aromatic rings. The van der Waals surface area contributed by atoms with Crippen LogP contribution in [0, 0.1) is 12.3 Å². The van der Waals surface area contributed by atoms with Gasteiger partial charge in [0.25, 0.3) is 0 Å². The standard InChI is InChI=1S/C14H24N2O2S2/c1-4-14(6-7-14)10-16-20(17,18)13-8-11(3)12(19-13)9-15-5-2/h8,15-16H,4-7,9-10H2,1-3H3. The van der Waals surface area contributed by atoms with Crippen molar-refractivity contribution < 1.29 is 8.42 Å². The molecule has 2 rings (SSSR count). The first-order valence-corrected chi connectivity index (χ1v) is 9.52. The van der Waals surface area contributed by atoms with Gasteiger partial charge >= 0.3 is 0 Å². The fraction of sp³-hybridized carbons (Fsp3) is 0.714. The van der Waals surface area contributed by atoms with Crippen LogP contribution in [0.25, 0.3) is 0 Å². The highest BCUT2D eigenvalue weighted by molar-refractivity contribution is 7.91. The summed E-state index contributed by atoms with van der Waals surface area (Å²) in [5.41, 5.74) is 1.28. The van der Waals surface area contributed by atoms with Crippen LogP contribution in [0.15, 0.2) is 10.3 Å². The van der Waals surface area contributed by atoms with Crippen LogP contribution in [-0.4, -0.2) is 21.5 Å². The second kappa shape index (κ2) is 6.13. The predicted molar refractivity (Wildman–Crippen MR) is 83.6 cm³/mol. The molecule has 20 heavy (non-hydrogen) atoms. The van der Waals surface area contributed by atoms with Crippen LogP contribution in [0.1, 0.15) is 43.6 Å². The van der Waals surface area contributed by atoms with Crippen LogP contribution in [0.4, 0.5) is 0 Å². The number of sulfonamides is 1. The van der Waals surface area contributed by atoms with Gasteiger partial charge in [0.15, 0.2) is 0 Å². The Hall–Kier alpha value is -0.430. The first-order valence-electron chi connectivity index (χ1n) is 7.22. The molecular weight excluding hydrogens is 292 g/mol. The maximum atomic E-state index is 12.3.